The maximum absolute atomic E-state index is 12.2. The summed E-state index contributed by atoms with van der Waals surface area (Å²) in [6, 6.07) is 7.21. The van der Waals surface area contributed by atoms with Crippen LogP contribution in [-0.4, -0.2) is 15.9 Å². The lowest BCUT2D eigenvalue weighted by atomic mass is 10.1. The molecule has 0 amide bonds. The number of pyridine rings is 1. The minimum absolute atomic E-state index is 0.0288. The molecule has 1 N–H and O–H groups in total. The van der Waals surface area contributed by atoms with Gasteiger partial charge in [-0.15, -0.1) is 6.58 Å². The van der Waals surface area contributed by atoms with Gasteiger partial charge in [-0.1, -0.05) is 23.7 Å². The largest absolute Gasteiger partial charge is 0.494 e. The SMILES string of the molecule is C=CCn1c(O)c(C=Nc2cccc(Cl)c2C)c(C)c(C#N)c1=O. The van der Waals surface area contributed by atoms with Crippen molar-refractivity contribution in [3.05, 3.63) is 68.5 Å². The minimum atomic E-state index is -0.552. The first kappa shape index (κ1) is 17.5. The Kier molecular flexibility index (Phi) is 5.22. The smallest absolute Gasteiger partial charge is 0.271 e. The molecule has 2 aromatic rings. The number of aromatic hydroxyl groups is 1. The quantitative estimate of drug-likeness (QED) is 0.681. The number of aliphatic imine (C=N–C) groups is 1. The molecule has 0 saturated heterocycles. The van der Waals surface area contributed by atoms with Gasteiger partial charge in [-0.05, 0) is 37.1 Å². The topological polar surface area (TPSA) is 78.4 Å². The highest BCUT2D eigenvalue weighted by molar-refractivity contribution is 6.31. The molecule has 1 aromatic heterocycles. The summed E-state index contributed by atoms with van der Waals surface area (Å²) in [7, 11) is 0. The lowest BCUT2D eigenvalue weighted by molar-refractivity contribution is 0.414. The Morgan fingerprint density at radius 2 is 2.12 bits per heavy atom. The Morgan fingerprint density at radius 3 is 2.75 bits per heavy atom. The predicted octanol–water partition coefficient (Wildman–Crippen LogP) is 3.63. The van der Waals surface area contributed by atoms with E-state index < -0.39 is 5.56 Å². The zero-order valence-electron chi connectivity index (χ0n) is 13.4. The van der Waals surface area contributed by atoms with E-state index in [-0.39, 0.29) is 18.0 Å². The van der Waals surface area contributed by atoms with Gasteiger partial charge in [0, 0.05) is 17.8 Å². The molecule has 5 nitrogen and oxygen atoms in total. The molecule has 0 aliphatic heterocycles. The number of aromatic nitrogens is 1. The molecule has 0 fully saturated rings. The monoisotopic (exact) mass is 341 g/mol. The highest BCUT2D eigenvalue weighted by Gasteiger charge is 2.17. The van der Waals surface area contributed by atoms with Gasteiger partial charge in [0.2, 0.25) is 5.88 Å². The molecule has 0 atom stereocenters. The van der Waals surface area contributed by atoms with E-state index in [0.717, 1.165) is 10.1 Å². The van der Waals surface area contributed by atoms with Crippen LogP contribution in [0.2, 0.25) is 5.02 Å². The zero-order chi connectivity index (χ0) is 17.9. The number of hydrogen-bond acceptors (Lipinski definition) is 4. The number of nitrogens with zero attached hydrogens (tertiary/aromatic N) is 3. The molecule has 122 valence electrons. The van der Waals surface area contributed by atoms with Gasteiger partial charge in [0.25, 0.3) is 5.56 Å². The molecule has 1 heterocycles. The molecule has 0 aliphatic carbocycles. The summed E-state index contributed by atoms with van der Waals surface area (Å²) >= 11 is 6.07. The standard InChI is InChI=1S/C18H16ClN3O2/c1-4-8-22-17(23)13(9-20)11(2)14(18(22)24)10-21-16-7-5-6-15(19)12(16)3/h4-7,10,24H,1,8H2,2-3H3. The van der Waals surface area contributed by atoms with E-state index in [1.165, 1.54) is 12.3 Å². The molecule has 0 saturated carbocycles. The van der Waals surface area contributed by atoms with Crippen LogP contribution in [0.1, 0.15) is 22.3 Å². The molecule has 0 aliphatic rings. The van der Waals surface area contributed by atoms with Gasteiger partial charge in [-0.3, -0.25) is 14.4 Å². The van der Waals surface area contributed by atoms with Crippen LogP contribution >= 0.6 is 11.6 Å². The van der Waals surface area contributed by atoms with Crippen LogP contribution in [0.5, 0.6) is 5.88 Å². The lowest BCUT2D eigenvalue weighted by Crippen LogP contribution is -2.24. The third kappa shape index (κ3) is 3.10. The van der Waals surface area contributed by atoms with E-state index in [4.69, 9.17) is 11.6 Å². The average molecular weight is 342 g/mol. The van der Waals surface area contributed by atoms with Gasteiger partial charge in [0.1, 0.15) is 11.6 Å². The van der Waals surface area contributed by atoms with Gasteiger partial charge in [-0.2, -0.15) is 5.26 Å². The van der Waals surface area contributed by atoms with Crippen LogP contribution in [0.15, 0.2) is 40.6 Å². The minimum Gasteiger partial charge on any atom is -0.494 e. The van der Waals surface area contributed by atoms with E-state index in [1.807, 2.05) is 13.0 Å². The van der Waals surface area contributed by atoms with Crippen molar-refractivity contribution in [3.8, 4) is 11.9 Å². The Labute approximate surface area is 144 Å². The molecule has 6 heteroatoms. The number of nitriles is 1. The molecule has 2 rings (SSSR count). The van der Waals surface area contributed by atoms with Crippen molar-refractivity contribution in [2.75, 3.05) is 0 Å². The highest BCUT2D eigenvalue weighted by atomic mass is 35.5. The first-order valence-corrected chi connectivity index (χ1v) is 7.56. The van der Waals surface area contributed by atoms with Crippen molar-refractivity contribution in [2.24, 2.45) is 4.99 Å². The van der Waals surface area contributed by atoms with E-state index in [2.05, 4.69) is 11.6 Å². The molecule has 1 aromatic carbocycles. The summed E-state index contributed by atoms with van der Waals surface area (Å²) in [6.07, 6.45) is 2.91. The summed E-state index contributed by atoms with van der Waals surface area (Å²) in [5.74, 6) is -0.250. The Morgan fingerprint density at radius 1 is 1.42 bits per heavy atom. The molecular formula is C18H16ClN3O2. The first-order valence-electron chi connectivity index (χ1n) is 7.18. The second-order valence-corrected chi connectivity index (χ2v) is 5.60. The Bertz CT molecular complexity index is 937. The molecule has 0 bridgehead atoms. The van der Waals surface area contributed by atoms with E-state index in [1.54, 1.807) is 25.1 Å². The fraction of sp³-hybridized carbons (Fsp3) is 0.167. The summed E-state index contributed by atoms with van der Waals surface area (Å²) in [5.41, 5.74) is 1.55. The summed E-state index contributed by atoms with van der Waals surface area (Å²) in [4.78, 5) is 16.6. The Balaban J connectivity index is 2.66. The number of benzene rings is 1. The van der Waals surface area contributed by atoms with Crippen LogP contribution < -0.4 is 5.56 Å². The van der Waals surface area contributed by atoms with Crippen molar-refractivity contribution in [1.82, 2.24) is 4.57 Å². The maximum Gasteiger partial charge on any atom is 0.271 e. The van der Waals surface area contributed by atoms with Gasteiger partial charge < -0.3 is 5.11 Å². The molecule has 24 heavy (non-hydrogen) atoms. The molecule has 0 unspecified atom stereocenters. The first-order chi connectivity index (χ1) is 11.4. The van der Waals surface area contributed by atoms with Crippen molar-refractivity contribution in [3.63, 3.8) is 0 Å². The maximum atomic E-state index is 12.2. The fourth-order valence-corrected chi connectivity index (χ4v) is 2.46. The van der Waals surface area contributed by atoms with Gasteiger partial charge in [0.15, 0.2) is 0 Å². The predicted molar refractivity (Wildman–Crippen MR) is 95.5 cm³/mol. The van der Waals surface area contributed by atoms with Crippen LogP contribution in [0.3, 0.4) is 0 Å². The Hall–Kier alpha value is -2.84. The van der Waals surface area contributed by atoms with Crippen LogP contribution in [0.25, 0.3) is 0 Å². The van der Waals surface area contributed by atoms with E-state index in [0.29, 0.717) is 21.8 Å². The second-order valence-electron chi connectivity index (χ2n) is 5.20. The van der Waals surface area contributed by atoms with Crippen LogP contribution in [0.4, 0.5) is 5.69 Å². The van der Waals surface area contributed by atoms with Gasteiger partial charge in [-0.25, -0.2) is 0 Å². The average Bonchev–Trinajstić information content (AvgIpc) is 2.55. The van der Waals surface area contributed by atoms with E-state index in [9.17, 15) is 15.2 Å². The lowest BCUT2D eigenvalue weighted by Gasteiger charge is -2.12. The number of halogens is 1. The molecule has 0 spiro atoms. The van der Waals surface area contributed by atoms with Crippen molar-refractivity contribution in [2.45, 2.75) is 20.4 Å². The summed E-state index contributed by atoms with van der Waals surface area (Å²) in [6.45, 7) is 7.09. The molecular weight excluding hydrogens is 326 g/mol. The highest BCUT2D eigenvalue weighted by Crippen LogP contribution is 2.26. The van der Waals surface area contributed by atoms with Crippen LogP contribution in [-0.2, 0) is 6.54 Å². The summed E-state index contributed by atoms with van der Waals surface area (Å²) < 4.78 is 1.09. The van der Waals surface area contributed by atoms with Crippen molar-refractivity contribution >= 4 is 23.5 Å². The van der Waals surface area contributed by atoms with Gasteiger partial charge in [0.05, 0.1) is 11.3 Å². The third-order valence-corrected chi connectivity index (χ3v) is 4.14. The fourth-order valence-electron chi connectivity index (χ4n) is 2.29. The number of hydrogen-bond donors (Lipinski definition) is 1. The van der Waals surface area contributed by atoms with Crippen LogP contribution in [0, 0.1) is 25.2 Å². The number of rotatable bonds is 4. The van der Waals surface area contributed by atoms with Crippen molar-refractivity contribution < 1.29 is 5.11 Å². The third-order valence-electron chi connectivity index (χ3n) is 3.73. The van der Waals surface area contributed by atoms with Crippen molar-refractivity contribution in [1.29, 1.82) is 5.26 Å². The molecule has 0 radical (unpaired) electrons. The van der Waals surface area contributed by atoms with E-state index >= 15 is 0 Å². The number of allylic oxidation sites excluding steroid dienone is 1. The van der Waals surface area contributed by atoms with Gasteiger partial charge >= 0.3 is 0 Å². The summed E-state index contributed by atoms with van der Waals surface area (Å²) in [5, 5.41) is 20.2. The second kappa shape index (κ2) is 7.16. The normalized spacial score (nSPS) is 10.8. The zero-order valence-corrected chi connectivity index (χ0v) is 14.1.